The van der Waals surface area contributed by atoms with E-state index in [1.807, 2.05) is 71.8 Å². The predicted molar refractivity (Wildman–Crippen MR) is 144 cm³/mol. The maximum absolute atomic E-state index is 13.7. The molecule has 0 spiro atoms. The van der Waals surface area contributed by atoms with Gasteiger partial charge in [0.2, 0.25) is 5.91 Å². The molecule has 3 aromatic rings. The van der Waals surface area contributed by atoms with E-state index in [1.54, 1.807) is 22.3 Å². The number of hydrogen-bond donors (Lipinski definition) is 1. The lowest BCUT2D eigenvalue weighted by Crippen LogP contribution is -2.49. The second kappa shape index (κ2) is 12.2. The summed E-state index contributed by atoms with van der Waals surface area (Å²) >= 11 is 7.91. The predicted octanol–water partition coefficient (Wildman–Crippen LogP) is 7.11. The minimum atomic E-state index is -0.249. The Bertz CT molecular complexity index is 1110. The Kier molecular flexibility index (Phi) is 8.83. The van der Waals surface area contributed by atoms with E-state index in [0.29, 0.717) is 23.8 Å². The lowest BCUT2D eigenvalue weighted by molar-refractivity contribution is -0.133. The number of nitrogens with one attached hydrogen (secondary N) is 1. The number of anilines is 1. The number of carbonyl (C=O) groups is 2. The van der Waals surface area contributed by atoms with Crippen LogP contribution >= 0.6 is 22.9 Å². The van der Waals surface area contributed by atoms with Crippen LogP contribution < -0.4 is 5.32 Å². The molecular formula is C28H32ClN3O2S. The SMILES string of the molecule is Cc1ccc(NC(=O)N(CC(=O)N(Cc2ccccc2)Cc2cccs2)C2CCCCC2)cc1Cl. The molecule has 1 heterocycles. The number of hydrogen-bond acceptors (Lipinski definition) is 3. The molecule has 1 N–H and O–H groups in total. The lowest BCUT2D eigenvalue weighted by Gasteiger charge is -2.35. The van der Waals surface area contributed by atoms with E-state index in [2.05, 4.69) is 5.32 Å². The molecule has 0 bridgehead atoms. The number of urea groups is 1. The van der Waals surface area contributed by atoms with Crippen LogP contribution in [0.2, 0.25) is 5.02 Å². The van der Waals surface area contributed by atoms with Crippen molar-refractivity contribution >= 4 is 40.6 Å². The topological polar surface area (TPSA) is 52.7 Å². The molecule has 5 nitrogen and oxygen atoms in total. The highest BCUT2D eigenvalue weighted by Crippen LogP contribution is 2.25. The number of nitrogens with zero attached hydrogens (tertiary/aromatic N) is 2. The van der Waals surface area contributed by atoms with E-state index in [4.69, 9.17) is 11.6 Å². The van der Waals surface area contributed by atoms with Crippen molar-refractivity contribution in [2.24, 2.45) is 0 Å². The molecule has 0 aliphatic heterocycles. The van der Waals surface area contributed by atoms with Crippen LogP contribution in [0, 0.1) is 6.92 Å². The van der Waals surface area contributed by atoms with Crippen molar-refractivity contribution in [2.75, 3.05) is 11.9 Å². The zero-order valence-corrected chi connectivity index (χ0v) is 21.7. The first-order valence-corrected chi connectivity index (χ1v) is 13.4. The highest BCUT2D eigenvalue weighted by Gasteiger charge is 2.29. The lowest BCUT2D eigenvalue weighted by atomic mass is 9.94. The molecule has 0 saturated heterocycles. The zero-order chi connectivity index (χ0) is 24.6. The van der Waals surface area contributed by atoms with Gasteiger partial charge in [0, 0.05) is 28.2 Å². The first-order valence-electron chi connectivity index (χ1n) is 12.2. The molecule has 2 aromatic carbocycles. The van der Waals surface area contributed by atoms with E-state index in [9.17, 15) is 9.59 Å². The standard InChI is InChI=1S/C28H32ClN3O2S/c1-21-14-15-23(17-26(21)29)30-28(34)32(24-11-6-3-7-12-24)20-27(33)31(19-25-13-8-16-35-25)18-22-9-4-2-5-10-22/h2,4-5,8-10,13-17,24H,3,6-7,11-12,18-20H2,1H3,(H,30,34). The Labute approximate surface area is 216 Å². The number of benzene rings is 2. The van der Waals surface area contributed by atoms with E-state index < -0.39 is 0 Å². The first kappa shape index (κ1) is 25.3. The summed E-state index contributed by atoms with van der Waals surface area (Å²) in [4.78, 5) is 31.8. The Morgan fingerprint density at radius 3 is 2.46 bits per heavy atom. The highest BCUT2D eigenvalue weighted by atomic mass is 35.5. The van der Waals surface area contributed by atoms with E-state index in [-0.39, 0.29) is 24.5 Å². The van der Waals surface area contributed by atoms with Crippen molar-refractivity contribution in [1.82, 2.24) is 9.80 Å². The molecule has 7 heteroatoms. The molecule has 0 atom stereocenters. The van der Waals surface area contributed by atoms with Gasteiger partial charge in [-0.2, -0.15) is 0 Å². The molecule has 4 rings (SSSR count). The average Bonchev–Trinajstić information content (AvgIpc) is 3.38. The number of halogens is 1. The smallest absolute Gasteiger partial charge is 0.322 e. The van der Waals surface area contributed by atoms with Crippen molar-refractivity contribution in [3.05, 3.63) is 87.1 Å². The van der Waals surface area contributed by atoms with Gasteiger partial charge >= 0.3 is 6.03 Å². The third-order valence-electron chi connectivity index (χ3n) is 6.50. The fourth-order valence-electron chi connectivity index (χ4n) is 4.50. The summed E-state index contributed by atoms with van der Waals surface area (Å²) in [6.45, 7) is 3.01. The van der Waals surface area contributed by atoms with Gasteiger partial charge in [0.1, 0.15) is 6.54 Å². The van der Waals surface area contributed by atoms with E-state index in [1.165, 1.54) is 6.42 Å². The van der Waals surface area contributed by atoms with Crippen molar-refractivity contribution in [1.29, 1.82) is 0 Å². The number of amides is 3. The first-order chi connectivity index (χ1) is 17.0. The third kappa shape index (κ3) is 7.09. The van der Waals surface area contributed by atoms with Gasteiger partial charge in [-0.1, -0.05) is 73.3 Å². The van der Waals surface area contributed by atoms with Gasteiger partial charge in [-0.3, -0.25) is 4.79 Å². The van der Waals surface area contributed by atoms with Crippen LogP contribution in [0.1, 0.15) is 48.1 Å². The van der Waals surface area contributed by atoms with Crippen molar-refractivity contribution < 1.29 is 9.59 Å². The molecule has 1 fully saturated rings. The fourth-order valence-corrected chi connectivity index (χ4v) is 5.40. The third-order valence-corrected chi connectivity index (χ3v) is 7.77. The fraction of sp³-hybridized carbons (Fsp3) is 0.357. The second-order valence-corrected chi connectivity index (χ2v) is 10.6. The van der Waals surface area contributed by atoms with Crippen LogP contribution in [0.25, 0.3) is 0 Å². The minimum Gasteiger partial charge on any atom is -0.332 e. The molecule has 1 saturated carbocycles. The Morgan fingerprint density at radius 1 is 1.00 bits per heavy atom. The van der Waals surface area contributed by atoms with E-state index in [0.717, 1.165) is 41.7 Å². The molecule has 3 amide bonds. The average molecular weight is 510 g/mol. The number of carbonyl (C=O) groups excluding carboxylic acids is 2. The van der Waals surface area contributed by atoms with Gasteiger partial charge in [-0.05, 0) is 54.5 Å². The summed E-state index contributed by atoms with van der Waals surface area (Å²) in [6.07, 6.45) is 5.15. The Balaban J connectivity index is 1.53. The maximum Gasteiger partial charge on any atom is 0.322 e. The monoisotopic (exact) mass is 509 g/mol. The van der Waals surface area contributed by atoms with Crippen LogP contribution in [-0.2, 0) is 17.9 Å². The Hall–Kier alpha value is -2.83. The van der Waals surface area contributed by atoms with Gasteiger partial charge < -0.3 is 15.1 Å². The summed E-state index contributed by atoms with van der Waals surface area (Å²) in [5.41, 5.74) is 2.66. The van der Waals surface area contributed by atoms with Gasteiger partial charge in [0.05, 0.1) is 6.54 Å². The Morgan fingerprint density at radius 2 is 1.77 bits per heavy atom. The van der Waals surface area contributed by atoms with Crippen LogP contribution in [0.4, 0.5) is 10.5 Å². The van der Waals surface area contributed by atoms with Crippen molar-refractivity contribution in [3.63, 3.8) is 0 Å². The molecule has 1 aliphatic carbocycles. The van der Waals surface area contributed by atoms with Crippen molar-refractivity contribution in [2.45, 2.75) is 58.2 Å². The normalized spacial score (nSPS) is 13.9. The number of thiophene rings is 1. The molecule has 0 radical (unpaired) electrons. The van der Waals surface area contributed by atoms with Crippen molar-refractivity contribution in [3.8, 4) is 0 Å². The van der Waals surface area contributed by atoms with Crippen LogP contribution in [0.3, 0.4) is 0 Å². The minimum absolute atomic E-state index is 0.0499. The van der Waals surface area contributed by atoms with Gasteiger partial charge in [-0.25, -0.2) is 4.79 Å². The molecule has 1 aromatic heterocycles. The van der Waals surface area contributed by atoms with Gasteiger partial charge in [-0.15, -0.1) is 11.3 Å². The highest BCUT2D eigenvalue weighted by molar-refractivity contribution is 7.09. The van der Waals surface area contributed by atoms with Gasteiger partial charge in [0.25, 0.3) is 0 Å². The second-order valence-electron chi connectivity index (χ2n) is 9.13. The largest absolute Gasteiger partial charge is 0.332 e. The summed E-state index contributed by atoms with van der Waals surface area (Å²) in [5.74, 6) is -0.0510. The van der Waals surface area contributed by atoms with E-state index >= 15 is 0 Å². The summed E-state index contributed by atoms with van der Waals surface area (Å²) in [5, 5.41) is 5.61. The zero-order valence-electron chi connectivity index (χ0n) is 20.1. The number of aryl methyl sites for hydroxylation is 1. The molecule has 184 valence electrons. The van der Waals surface area contributed by atoms with Gasteiger partial charge in [0.15, 0.2) is 0 Å². The number of rotatable bonds is 8. The molecule has 1 aliphatic rings. The quantitative estimate of drug-likeness (QED) is 0.352. The summed E-state index contributed by atoms with van der Waals surface area (Å²) in [6, 6.07) is 19.3. The van der Waals surface area contributed by atoms with Crippen LogP contribution in [0.15, 0.2) is 66.0 Å². The van der Waals surface area contributed by atoms with Crippen LogP contribution in [0.5, 0.6) is 0 Å². The molecule has 0 unspecified atom stereocenters. The summed E-state index contributed by atoms with van der Waals surface area (Å²) < 4.78 is 0. The summed E-state index contributed by atoms with van der Waals surface area (Å²) in [7, 11) is 0. The maximum atomic E-state index is 13.7. The molecule has 35 heavy (non-hydrogen) atoms. The van der Waals surface area contributed by atoms with Crippen LogP contribution in [-0.4, -0.2) is 34.3 Å². The molecular weight excluding hydrogens is 478 g/mol.